The Kier molecular flexibility index (Phi) is 10.9. The normalized spacial score (nSPS) is 13.1. The second-order valence-corrected chi connectivity index (χ2v) is 12.9. The minimum absolute atomic E-state index is 0.0700. The summed E-state index contributed by atoms with van der Waals surface area (Å²) in [7, 11) is 0.551. The van der Waals surface area contributed by atoms with Crippen LogP contribution in [0.1, 0.15) is 56.2 Å². The van der Waals surface area contributed by atoms with Gasteiger partial charge in [0.2, 0.25) is 10.0 Å². The van der Waals surface area contributed by atoms with Crippen molar-refractivity contribution in [1.29, 1.82) is 0 Å². The minimum Gasteiger partial charge on any atom is -0.496 e. The first-order valence-electron chi connectivity index (χ1n) is 15.1. The molecular formula is C34H37FN2O9S. The number of methoxy groups -OCH3 is 2. The molecule has 3 aromatic carbocycles. The van der Waals surface area contributed by atoms with Crippen LogP contribution in [-0.2, 0) is 36.6 Å². The van der Waals surface area contributed by atoms with Gasteiger partial charge in [-0.15, -0.1) is 0 Å². The summed E-state index contributed by atoms with van der Waals surface area (Å²) in [6.45, 7) is 0.954. The van der Waals surface area contributed by atoms with Crippen LogP contribution in [0.25, 0.3) is 22.3 Å². The molecule has 250 valence electrons. The zero-order valence-corrected chi connectivity index (χ0v) is 27.2. The van der Waals surface area contributed by atoms with E-state index in [1.54, 1.807) is 24.3 Å². The summed E-state index contributed by atoms with van der Waals surface area (Å²) in [6, 6.07) is 14.3. The highest BCUT2D eigenvalue weighted by atomic mass is 32.2. The van der Waals surface area contributed by atoms with Crippen LogP contribution < -0.4 is 14.8 Å². The lowest BCUT2D eigenvalue weighted by atomic mass is 9.98. The third-order valence-corrected chi connectivity index (χ3v) is 9.09. The van der Waals surface area contributed by atoms with Crippen LogP contribution in [0.2, 0.25) is 0 Å². The fraction of sp³-hybridized carbons (Fsp3) is 0.353. The molecule has 5 rings (SSSR count). The zero-order valence-electron chi connectivity index (χ0n) is 26.4. The number of carbonyl (C=O) groups is 2. The molecule has 0 unspecified atom stereocenters. The van der Waals surface area contributed by atoms with Gasteiger partial charge in [-0.2, -0.15) is 0 Å². The molecule has 4 aromatic rings. The third kappa shape index (κ3) is 8.35. The Hall–Kier alpha value is -4.30. The third-order valence-electron chi connectivity index (χ3n) is 7.75. The van der Waals surface area contributed by atoms with Crippen molar-refractivity contribution in [3.05, 3.63) is 88.2 Å². The molecule has 0 radical (unpaired) electrons. The molecule has 0 saturated heterocycles. The number of esters is 1. The van der Waals surface area contributed by atoms with E-state index in [4.69, 9.17) is 23.4 Å². The molecule has 1 heterocycles. The fourth-order valence-electron chi connectivity index (χ4n) is 5.31. The molecule has 0 atom stereocenters. The number of hydrogen-bond donors (Lipinski definition) is 2. The fourth-order valence-corrected chi connectivity index (χ4v) is 6.46. The van der Waals surface area contributed by atoms with Crippen molar-refractivity contribution in [2.75, 3.05) is 47.6 Å². The number of halogens is 1. The van der Waals surface area contributed by atoms with Gasteiger partial charge in [-0.3, -0.25) is 4.79 Å². The van der Waals surface area contributed by atoms with E-state index in [1.807, 2.05) is 6.07 Å². The van der Waals surface area contributed by atoms with Gasteiger partial charge in [0.25, 0.3) is 5.91 Å². The van der Waals surface area contributed by atoms with Crippen molar-refractivity contribution >= 4 is 32.9 Å². The van der Waals surface area contributed by atoms with Crippen LogP contribution in [-0.4, -0.2) is 67.9 Å². The van der Waals surface area contributed by atoms with Crippen molar-refractivity contribution in [3.63, 3.8) is 0 Å². The predicted octanol–water partition coefficient (Wildman–Crippen LogP) is 4.92. The number of carbonyl (C=O) groups excluding carboxylic acids is 2. The van der Waals surface area contributed by atoms with Gasteiger partial charge in [-0.1, -0.05) is 6.07 Å². The van der Waals surface area contributed by atoms with Gasteiger partial charge in [0, 0.05) is 24.5 Å². The van der Waals surface area contributed by atoms with Crippen LogP contribution in [0.5, 0.6) is 5.75 Å². The maximum Gasteiger partial charge on any atom is 0.341 e. The van der Waals surface area contributed by atoms with E-state index in [2.05, 4.69) is 10.0 Å². The first kappa shape index (κ1) is 34.0. The van der Waals surface area contributed by atoms with E-state index < -0.39 is 21.8 Å². The molecule has 0 spiro atoms. The van der Waals surface area contributed by atoms with Gasteiger partial charge in [0.15, 0.2) is 0 Å². The van der Waals surface area contributed by atoms with Crippen molar-refractivity contribution in [2.45, 2.75) is 31.1 Å². The molecule has 1 amide bonds. The molecule has 0 aliphatic heterocycles. The predicted molar refractivity (Wildman–Crippen MR) is 172 cm³/mol. The minimum atomic E-state index is -3.74. The summed E-state index contributed by atoms with van der Waals surface area (Å²) in [5.41, 5.74) is 3.74. The number of nitrogens with one attached hydrogen (secondary N) is 2. The molecule has 13 heteroatoms. The van der Waals surface area contributed by atoms with Crippen molar-refractivity contribution in [2.24, 2.45) is 0 Å². The molecule has 1 aromatic heterocycles. The highest BCUT2D eigenvalue weighted by molar-refractivity contribution is 7.88. The first-order valence-corrected chi connectivity index (χ1v) is 16.7. The number of ether oxygens (including phenoxy) is 4. The summed E-state index contributed by atoms with van der Waals surface area (Å²) in [5, 5.41) is 3.22. The highest BCUT2D eigenvalue weighted by Gasteiger charge is 2.31. The Labute approximate surface area is 272 Å². The summed E-state index contributed by atoms with van der Waals surface area (Å²) in [4.78, 5) is 24.9. The average molecular weight is 669 g/mol. The van der Waals surface area contributed by atoms with Crippen molar-refractivity contribution < 1.29 is 45.8 Å². The van der Waals surface area contributed by atoms with Crippen LogP contribution in [0.3, 0.4) is 0 Å². The topological polar surface area (TPSA) is 142 Å². The van der Waals surface area contributed by atoms with Crippen molar-refractivity contribution in [3.8, 4) is 17.1 Å². The van der Waals surface area contributed by atoms with Crippen LogP contribution in [0.4, 0.5) is 4.39 Å². The van der Waals surface area contributed by atoms with Gasteiger partial charge < -0.3 is 28.7 Å². The lowest BCUT2D eigenvalue weighted by Crippen LogP contribution is -2.29. The molecule has 1 saturated carbocycles. The molecule has 47 heavy (non-hydrogen) atoms. The van der Waals surface area contributed by atoms with Crippen molar-refractivity contribution in [1.82, 2.24) is 10.0 Å². The van der Waals surface area contributed by atoms with Crippen LogP contribution in [0.15, 0.2) is 59.0 Å². The van der Waals surface area contributed by atoms with E-state index in [9.17, 15) is 22.4 Å². The molecule has 1 aliphatic rings. The SMILES string of the molecule is CNC(=O)c1c(-c2ccc(F)cc2)oc2cc(CS(=O)(=O)NCCOCCOCc3ccc(OC)c(C(=O)OC)c3)c(C3CC3)cc12. The molecule has 11 nitrogen and oxygen atoms in total. The highest BCUT2D eigenvalue weighted by Crippen LogP contribution is 2.45. The number of benzene rings is 3. The molecule has 1 fully saturated rings. The zero-order chi connectivity index (χ0) is 33.6. The monoisotopic (exact) mass is 668 g/mol. The van der Waals surface area contributed by atoms with Gasteiger partial charge in [0.05, 0.1) is 52.0 Å². The summed E-state index contributed by atoms with van der Waals surface area (Å²) in [5.74, 6) is -0.660. The van der Waals surface area contributed by atoms with Gasteiger partial charge in [0.1, 0.15) is 28.5 Å². The van der Waals surface area contributed by atoms with Gasteiger partial charge >= 0.3 is 5.97 Å². The van der Waals surface area contributed by atoms with E-state index in [0.29, 0.717) is 39.0 Å². The smallest absolute Gasteiger partial charge is 0.341 e. The largest absolute Gasteiger partial charge is 0.496 e. The van der Waals surface area contributed by atoms with Gasteiger partial charge in [-0.05, 0) is 84.0 Å². The van der Waals surface area contributed by atoms with E-state index in [1.165, 1.54) is 45.5 Å². The van der Waals surface area contributed by atoms with E-state index in [0.717, 1.165) is 24.0 Å². The molecule has 0 bridgehead atoms. The number of rotatable bonds is 16. The maximum absolute atomic E-state index is 13.6. The Morgan fingerprint density at radius 2 is 1.72 bits per heavy atom. The number of sulfonamides is 1. The lowest BCUT2D eigenvalue weighted by molar-refractivity contribution is 0.0425. The molecule has 1 aliphatic carbocycles. The quantitative estimate of drug-likeness (QED) is 0.126. The Morgan fingerprint density at radius 3 is 2.40 bits per heavy atom. The average Bonchev–Trinajstić information content (AvgIpc) is 3.85. The number of furan rings is 1. The number of fused-ring (bicyclic) bond motifs is 1. The Balaban J connectivity index is 1.17. The van der Waals surface area contributed by atoms with Crippen LogP contribution in [0, 0.1) is 5.82 Å². The van der Waals surface area contributed by atoms with E-state index in [-0.39, 0.29) is 56.3 Å². The summed E-state index contributed by atoms with van der Waals surface area (Å²) >= 11 is 0. The summed E-state index contributed by atoms with van der Waals surface area (Å²) < 4.78 is 69.6. The number of hydrogen-bond acceptors (Lipinski definition) is 9. The molecule has 2 N–H and O–H groups in total. The van der Waals surface area contributed by atoms with E-state index >= 15 is 0 Å². The summed E-state index contributed by atoms with van der Waals surface area (Å²) in [6.07, 6.45) is 1.84. The standard InChI is InChI=1S/C34H37FN2O9S/c1-36-33(38)31-27-18-26(22-5-6-22)24(17-30(27)46-32(31)23-7-9-25(35)10-8-23)20-47(40,41)37-12-13-44-14-15-45-19-21-4-11-29(42-2)28(16-21)34(39)43-3/h4,7-11,16-18,22,37H,5-6,12-15,19-20H2,1-3H3,(H,36,38). The Morgan fingerprint density at radius 1 is 0.979 bits per heavy atom. The first-order chi connectivity index (χ1) is 22.6. The maximum atomic E-state index is 13.6. The molecular weight excluding hydrogens is 631 g/mol. The second kappa shape index (κ2) is 15.1. The second-order valence-electron chi connectivity index (χ2n) is 11.1. The Bertz CT molecular complexity index is 1850. The lowest BCUT2D eigenvalue weighted by Gasteiger charge is -2.12. The van der Waals surface area contributed by atoms with Gasteiger partial charge in [-0.25, -0.2) is 22.3 Å². The number of amides is 1. The van der Waals surface area contributed by atoms with Crippen LogP contribution >= 0.6 is 0 Å².